The lowest BCUT2D eigenvalue weighted by Gasteiger charge is -2.17. The molecule has 0 amide bonds. The van der Waals surface area contributed by atoms with Crippen LogP contribution < -0.4 is 4.72 Å². The smallest absolute Gasteiger partial charge is 0.258 e. The Morgan fingerprint density at radius 1 is 1.26 bits per heavy atom. The predicted octanol–water partition coefficient (Wildman–Crippen LogP) is 2.15. The Hall–Kier alpha value is -1.66. The van der Waals surface area contributed by atoms with E-state index in [0.717, 1.165) is 11.1 Å². The number of aryl methyl sites for hydroxylation is 1. The first-order chi connectivity index (χ1) is 9.03. The Bertz CT molecular complexity index is 618. The van der Waals surface area contributed by atoms with E-state index in [1.807, 2.05) is 38.1 Å². The van der Waals surface area contributed by atoms with E-state index in [4.69, 9.17) is 0 Å². The van der Waals surface area contributed by atoms with Crippen molar-refractivity contribution in [2.75, 3.05) is 0 Å². The normalized spacial score (nSPS) is 13.4. The van der Waals surface area contributed by atoms with Crippen LogP contribution in [-0.4, -0.2) is 18.6 Å². The van der Waals surface area contributed by atoms with E-state index in [1.165, 1.54) is 12.3 Å². The molecular formula is C13H17N3O2S. The Balaban J connectivity index is 2.22. The zero-order valence-electron chi connectivity index (χ0n) is 10.9. The number of aromatic amines is 1. The van der Waals surface area contributed by atoms with E-state index < -0.39 is 10.0 Å². The molecule has 0 fully saturated rings. The first-order valence-electron chi connectivity index (χ1n) is 6.11. The van der Waals surface area contributed by atoms with Gasteiger partial charge in [-0.2, -0.15) is 5.10 Å². The summed E-state index contributed by atoms with van der Waals surface area (Å²) >= 11 is 0. The number of sulfonamides is 1. The molecule has 1 aromatic heterocycles. The van der Waals surface area contributed by atoms with Gasteiger partial charge in [-0.05, 0) is 25.0 Å². The lowest BCUT2D eigenvalue weighted by Crippen LogP contribution is -2.28. The SMILES string of the molecule is CCC(NS(=O)(=O)c1ccn[nH]1)c1ccc(C)cc1. The van der Waals surface area contributed by atoms with Crippen molar-refractivity contribution in [1.82, 2.24) is 14.9 Å². The second kappa shape index (κ2) is 5.54. The minimum absolute atomic E-state index is 0.0815. The molecular weight excluding hydrogens is 262 g/mol. The van der Waals surface area contributed by atoms with Gasteiger partial charge in [0.25, 0.3) is 10.0 Å². The third kappa shape index (κ3) is 3.21. The summed E-state index contributed by atoms with van der Waals surface area (Å²) in [7, 11) is -3.55. The van der Waals surface area contributed by atoms with Gasteiger partial charge in [0.1, 0.15) is 0 Å². The molecule has 5 nitrogen and oxygen atoms in total. The van der Waals surface area contributed by atoms with Crippen molar-refractivity contribution in [3.8, 4) is 0 Å². The lowest BCUT2D eigenvalue weighted by molar-refractivity contribution is 0.546. The summed E-state index contributed by atoms with van der Waals surface area (Å²) in [5.41, 5.74) is 2.10. The molecule has 0 aliphatic rings. The van der Waals surface area contributed by atoms with E-state index in [9.17, 15) is 8.42 Å². The molecule has 1 atom stereocenters. The van der Waals surface area contributed by atoms with Crippen LogP contribution in [0.15, 0.2) is 41.6 Å². The fourth-order valence-electron chi connectivity index (χ4n) is 1.83. The Morgan fingerprint density at radius 2 is 1.95 bits per heavy atom. The summed E-state index contributed by atoms with van der Waals surface area (Å²) in [6, 6.07) is 9.03. The molecule has 0 radical (unpaired) electrons. The van der Waals surface area contributed by atoms with Gasteiger partial charge in [-0.3, -0.25) is 5.10 Å². The molecule has 0 saturated heterocycles. The highest BCUT2D eigenvalue weighted by Gasteiger charge is 2.21. The van der Waals surface area contributed by atoms with Crippen LogP contribution in [0.3, 0.4) is 0 Å². The molecule has 2 rings (SSSR count). The average Bonchev–Trinajstić information content (AvgIpc) is 2.92. The van der Waals surface area contributed by atoms with Crippen LogP contribution >= 0.6 is 0 Å². The number of rotatable bonds is 5. The second-order valence-corrected chi connectivity index (χ2v) is 6.10. The average molecular weight is 279 g/mol. The van der Waals surface area contributed by atoms with Gasteiger partial charge in [0.2, 0.25) is 0 Å². The maximum Gasteiger partial charge on any atom is 0.258 e. The second-order valence-electron chi connectivity index (χ2n) is 4.41. The molecule has 2 N–H and O–H groups in total. The molecule has 0 aliphatic heterocycles. The van der Waals surface area contributed by atoms with Gasteiger partial charge in [-0.15, -0.1) is 0 Å². The fraction of sp³-hybridized carbons (Fsp3) is 0.308. The van der Waals surface area contributed by atoms with E-state index in [0.29, 0.717) is 6.42 Å². The number of nitrogens with one attached hydrogen (secondary N) is 2. The summed E-state index contributed by atoms with van der Waals surface area (Å²) in [5.74, 6) is 0. The van der Waals surface area contributed by atoms with Crippen LogP contribution in [0.5, 0.6) is 0 Å². The number of nitrogens with zero attached hydrogens (tertiary/aromatic N) is 1. The van der Waals surface area contributed by atoms with E-state index >= 15 is 0 Å². The Labute approximate surface area is 113 Å². The zero-order chi connectivity index (χ0) is 13.9. The topological polar surface area (TPSA) is 74.8 Å². The highest BCUT2D eigenvalue weighted by Crippen LogP contribution is 2.19. The maximum atomic E-state index is 12.1. The third-order valence-corrected chi connectivity index (χ3v) is 4.35. The van der Waals surface area contributed by atoms with Gasteiger partial charge in [-0.25, -0.2) is 13.1 Å². The van der Waals surface area contributed by atoms with Crippen LogP contribution in [0.1, 0.15) is 30.5 Å². The molecule has 2 aromatic rings. The highest BCUT2D eigenvalue weighted by atomic mass is 32.2. The van der Waals surface area contributed by atoms with Crippen molar-refractivity contribution in [1.29, 1.82) is 0 Å². The van der Waals surface area contributed by atoms with E-state index in [-0.39, 0.29) is 11.1 Å². The van der Waals surface area contributed by atoms with Crippen LogP contribution in [0.25, 0.3) is 0 Å². The molecule has 1 unspecified atom stereocenters. The molecule has 1 aromatic carbocycles. The summed E-state index contributed by atoms with van der Waals surface area (Å²) in [4.78, 5) is 0. The van der Waals surface area contributed by atoms with Gasteiger partial charge < -0.3 is 0 Å². The van der Waals surface area contributed by atoms with Crippen molar-refractivity contribution < 1.29 is 8.42 Å². The molecule has 6 heteroatoms. The largest absolute Gasteiger partial charge is 0.266 e. The van der Waals surface area contributed by atoms with Crippen LogP contribution in [0.2, 0.25) is 0 Å². The number of hydrogen-bond donors (Lipinski definition) is 2. The van der Waals surface area contributed by atoms with Gasteiger partial charge in [0, 0.05) is 6.04 Å². The predicted molar refractivity (Wildman–Crippen MR) is 73.1 cm³/mol. The van der Waals surface area contributed by atoms with Crippen molar-refractivity contribution >= 4 is 10.0 Å². The van der Waals surface area contributed by atoms with Crippen molar-refractivity contribution in [3.05, 3.63) is 47.7 Å². The molecule has 0 aliphatic carbocycles. The van der Waals surface area contributed by atoms with Gasteiger partial charge in [-0.1, -0.05) is 36.8 Å². The fourth-order valence-corrected chi connectivity index (χ4v) is 3.05. The van der Waals surface area contributed by atoms with Gasteiger partial charge in [0.15, 0.2) is 5.03 Å². The summed E-state index contributed by atoms with van der Waals surface area (Å²) < 4.78 is 26.9. The number of H-pyrrole nitrogens is 1. The van der Waals surface area contributed by atoms with Crippen molar-refractivity contribution in [3.63, 3.8) is 0 Å². The first-order valence-corrected chi connectivity index (χ1v) is 7.59. The minimum atomic E-state index is -3.55. The van der Waals surface area contributed by atoms with Crippen molar-refractivity contribution in [2.45, 2.75) is 31.3 Å². The first kappa shape index (κ1) is 13.8. The zero-order valence-corrected chi connectivity index (χ0v) is 11.7. The molecule has 102 valence electrons. The van der Waals surface area contributed by atoms with Crippen LogP contribution in [-0.2, 0) is 10.0 Å². The lowest BCUT2D eigenvalue weighted by atomic mass is 10.0. The van der Waals surface area contributed by atoms with Crippen molar-refractivity contribution in [2.24, 2.45) is 0 Å². The maximum absolute atomic E-state index is 12.1. The van der Waals surface area contributed by atoms with Crippen LogP contribution in [0, 0.1) is 6.92 Å². The number of hydrogen-bond acceptors (Lipinski definition) is 3. The van der Waals surface area contributed by atoms with E-state index in [1.54, 1.807) is 0 Å². The number of aromatic nitrogens is 2. The Morgan fingerprint density at radius 3 is 2.47 bits per heavy atom. The molecule has 1 heterocycles. The quantitative estimate of drug-likeness (QED) is 0.880. The molecule has 0 saturated carbocycles. The minimum Gasteiger partial charge on any atom is -0.266 e. The summed E-state index contributed by atoms with van der Waals surface area (Å²) in [5, 5.41) is 6.21. The molecule has 0 spiro atoms. The third-order valence-electron chi connectivity index (χ3n) is 2.95. The number of benzene rings is 1. The van der Waals surface area contributed by atoms with E-state index in [2.05, 4.69) is 14.9 Å². The standard InChI is InChI=1S/C13H17N3O2S/c1-3-12(11-6-4-10(2)5-7-11)16-19(17,18)13-8-9-14-15-13/h4-9,12,16H,3H2,1-2H3,(H,14,15). The summed E-state index contributed by atoms with van der Waals surface area (Å²) in [6.45, 7) is 3.94. The van der Waals surface area contributed by atoms with Crippen LogP contribution in [0.4, 0.5) is 0 Å². The molecule has 0 bridgehead atoms. The van der Waals surface area contributed by atoms with Gasteiger partial charge >= 0.3 is 0 Å². The monoisotopic (exact) mass is 279 g/mol. The van der Waals surface area contributed by atoms with Gasteiger partial charge in [0.05, 0.1) is 6.20 Å². The molecule has 19 heavy (non-hydrogen) atoms. The Kier molecular flexibility index (Phi) is 4.01. The highest BCUT2D eigenvalue weighted by molar-refractivity contribution is 7.89. The summed E-state index contributed by atoms with van der Waals surface area (Å²) in [6.07, 6.45) is 2.10.